The highest BCUT2D eigenvalue weighted by Gasteiger charge is 2.30. The molecule has 3 heterocycles. The topological polar surface area (TPSA) is 100 Å². The number of H-pyrrole nitrogens is 1. The smallest absolute Gasteiger partial charge is 0.271 e. The van der Waals surface area contributed by atoms with Crippen molar-refractivity contribution in [3.05, 3.63) is 59.5 Å². The lowest BCUT2D eigenvalue weighted by Crippen LogP contribution is -2.43. The van der Waals surface area contributed by atoms with Crippen molar-refractivity contribution >= 4 is 29.1 Å². The van der Waals surface area contributed by atoms with Gasteiger partial charge in [0.05, 0.1) is 23.7 Å². The quantitative estimate of drug-likeness (QED) is 0.632. The van der Waals surface area contributed by atoms with E-state index in [1.807, 2.05) is 12.1 Å². The number of carbonyl (C=O) groups excluding carboxylic acids is 2. The third kappa shape index (κ3) is 4.69. The van der Waals surface area contributed by atoms with Gasteiger partial charge in [0.2, 0.25) is 5.91 Å². The molecule has 0 aliphatic carbocycles. The van der Waals surface area contributed by atoms with Gasteiger partial charge >= 0.3 is 0 Å². The lowest BCUT2D eigenvalue weighted by molar-refractivity contribution is -0.121. The molecule has 4 rings (SSSR count). The Morgan fingerprint density at radius 1 is 1.23 bits per heavy atom. The Morgan fingerprint density at radius 2 is 2.03 bits per heavy atom. The number of piperidine rings is 1. The number of rotatable bonds is 5. The number of halogens is 1. The number of hydrogen-bond donors (Lipinski definition) is 2. The number of nitrogens with one attached hydrogen (secondary N) is 2. The van der Waals surface area contributed by atoms with E-state index in [9.17, 15) is 9.59 Å². The minimum Gasteiger partial charge on any atom is -0.495 e. The molecule has 2 aromatic heterocycles. The summed E-state index contributed by atoms with van der Waals surface area (Å²) in [6, 6.07) is 10.5. The molecule has 0 bridgehead atoms. The number of pyridine rings is 1. The molecule has 160 valence electrons. The van der Waals surface area contributed by atoms with Crippen LogP contribution in [0, 0.1) is 5.92 Å². The molecular formula is C22H22ClN5O3. The lowest BCUT2D eigenvalue weighted by Gasteiger charge is -2.31. The van der Waals surface area contributed by atoms with Gasteiger partial charge < -0.3 is 15.0 Å². The summed E-state index contributed by atoms with van der Waals surface area (Å²) in [6.45, 7) is 0.943. The normalized spacial score (nSPS) is 16.1. The molecule has 0 saturated carbocycles. The van der Waals surface area contributed by atoms with Crippen LogP contribution >= 0.6 is 11.6 Å². The maximum atomic E-state index is 13.0. The molecule has 1 aromatic carbocycles. The number of likely N-dealkylation sites (tertiary alicyclic amines) is 1. The predicted molar refractivity (Wildman–Crippen MR) is 117 cm³/mol. The second-order valence-electron chi connectivity index (χ2n) is 7.33. The molecule has 0 radical (unpaired) electrons. The molecule has 0 spiro atoms. The number of ether oxygens (including phenoxy) is 1. The summed E-state index contributed by atoms with van der Waals surface area (Å²) in [5.41, 5.74) is 2.54. The molecule has 1 fully saturated rings. The van der Waals surface area contributed by atoms with E-state index >= 15 is 0 Å². The Hall–Kier alpha value is -3.39. The standard InChI is InChI=1S/C22H22ClN5O3/c1-31-20-5-4-16(11-17(20)23)25-21(29)15-3-2-10-28(13-15)22(30)19-12-18(26-27-19)14-6-8-24-9-7-14/h4-9,11-12,15H,2-3,10,13H2,1H3,(H,25,29)(H,26,27)/t15-/m1/s1. The summed E-state index contributed by atoms with van der Waals surface area (Å²) >= 11 is 6.14. The van der Waals surface area contributed by atoms with Crippen molar-refractivity contribution in [2.24, 2.45) is 5.92 Å². The van der Waals surface area contributed by atoms with Crippen molar-refractivity contribution in [2.45, 2.75) is 12.8 Å². The Labute approximate surface area is 184 Å². The van der Waals surface area contributed by atoms with Gasteiger partial charge in [-0.3, -0.25) is 19.7 Å². The summed E-state index contributed by atoms with van der Waals surface area (Å²) < 4.78 is 5.13. The van der Waals surface area contributed by atoms with E-state index in [2.05, 4.69) is 20.5 Å². The fourth-order valence-electron chi connectivity index (χ4n) is 3.64. The summed E-state index contributed by atoms with van der Waals surface area (Å²) in [5, 5.41) is 10.4. The number of aromatic amines is 1. The van der Waals surface area contributed by atoms with Crippen LogP contribution in [0.25, 0.3) is 11.3 Å². The fourth-order valence-corrected chi connectivity index (χ4v) is 3.89. The molecule has 31 heavy (non-hydrogen) atoms. The second-order valence-corrected chi connectivity index (χ2v) is 7.74. The zero-order valence-electron chi connectivity index (χ0n) is 17.0. The van der Waals surface area contributed by atoms with E-state index in [4.69, 9.17) is 16.3 Å². The van der Waals surface area contributed by atoms with Gasteiger partial charge in [0.1, 0.15) is 11.4 Å². The SMILES string of the molecule is COc1ccc(NC(=O)[C@@H]2CCCN(C(=O)c3cc(-c4ccncc4)n[nH]3)C2)cc1Cl. The highest BCUT2D eigenvalue weighted by atomic mass is 35.5. The Bertz CT molecular complexity index is 1090. The molecule has 9 heteroatoms. The third-order valence-corrected chi connectivity index (χ3v) is 5.58. The number of methoxy groups -OCH3 is 1. The number of benzene rings is 1. The van der Waals surface area contributed by atoms with Crippen LogP contribution < -0.4 is 10.1 Å². The number of hydrogen-bond acceptors (Lipinski definition) is 5. The first-order valence-electron chi connectivity index (χ1n) is 9.94. The van der Waals surface area contributed by atoms with Crippen LogP contribution in [0.4, 0.5) is 5.69 Å². The largest absolute Gasteiger partial charge is 0.495 e. The first kappa shape index (κ1) is 20.9. The van der Waals surface area contributed by atoms with Crippen LogP contribution in [0.2, 0.25) is 5.02 Å². The molecular weight excluding hydrogens is 418 g/mol. The number of amides is 2. The van der Waals surface area contributed by atoms with Crippen molar-refractivity contribution in [1.29, 1.82) is 0 Å². The van der Waals surface area contributed by atoms with Crippen LogP contribution in [0.5, 0.6) is 5.75 Å². The van der Waals surface area contributed by atoms with Crippen molar-refractivity contribution in [3.8, 4) is 17.0 Å². The molecule has 1 saturated heterocycles. The van der Waals surface area contributed by atoms with Crippen LogP contribution in [0.1, 0.15) is 23.3 Å². The molecule has 1 aliphatic heterocycles. The van der Waals surface area contributed by atoms with Crippen LogP contribution in [0.3, 0.4) is 0 Å². The van der Waals surface area contributed by atoms with Gasteiger partial charge in [-0.05, 0) is 49.2 Å². The number of aromatic nitrogens is 3. The molecule has 3 aromatic rings. The summed E-state index contributed by atoms with van der Waals surface area (Å²) in [5.74, 6) is -0.0698. The first-order chi connectivity index (χ1) is 15.0. The van der Waals surface area contributed by atoms with Crippen LogP contribution in [-0.2, 0) is 4.79 Å². The first-order valence-corrected chi connectivity index (χ1v) is 10.3. The molecule has 0 unspecified atom stereocenters. The molecule has 1 aliphatic rings. The van der Waals surface area contributed by atoms with E-state index in [1.54, 1.807) is 41.6 Å². The molecule has 8 nitrogen and oxygen atoms in total. The van der Waals surface area contributed by atoms with Crippen LogP contribution in [0.15, 0.2) is 48.8 Å². The minimum atomic E-state index is -0.304. The zero-order chi connectivity index (χ0) is 21.8. The number of carbonyl (C=O) groups is 2. The zero-order valence-corrected chi connectivity index (χ0v) is 17.7. The molecule has 1 atom stereocenters. The second kappa shape index (κ2) is 9.18. The van der Waals surface area contributed by atoms with Gasteiger partial charge in [0.25, 0.3) is 5.91 Å². The van der Waals surface area contributed by atoms with Gasteiger partial charge in [-0.25, -0.2) is 0 Å². The van der Waals surface area contributed by atoms with E-state index in [-0.39, 0.29) is 17.7 Å². The average molecular weight is 440 g/mol. The van der Waals surface area contributed by atoms with Crippen molar-refractivity contribution in [1.82, 2.24) is 20.1 Å². The van der Waals surface area contributed by atoms with Crippen LogP contribution in [-0.4, -0.2) is 52.1 Å². The molecule has 2 N–H and O–H groups in total. The number of nitrogens with zero attached hydrogens (tertiary/aromatic N) is 3. The Balaban J connectivity index is 1.41. The van der Waals surface area contributed by atoms with E-state index in [1.165, 1.54) is 7.11 Å². The van der Waals surface area contributed by atoms with Gasteiger partial charge in [0, 0.05) is 36.7 Å². The monoisotopic (exact) mass is 439 g/mol. The molecule has 2 amide bonds. The highest BCUT2D eigenvalue weighted by molar-refractivity contribution is 6.32. The fraction of sp³-hybridized carbons (Fsp3) is 0.273. The maximum absolute atomic E-state index is 13.0. The summed E-state index contributed by atoms with van der Waals surface area (Å²) in [4.78, 5) is 31.4. The Morgan fingerprint density at radius 3 is 2.77 bits per heavy atom. The summed E-state index contributed by atoms with van der Waals surface area (Å²) in [6.07, 6.45) is 4.81. The summed E-state index contributed by atoms with van der Waals surface area (Å²) in [7, 11) is 1.53. The van der Waals surface area contributed by atoms with E-state index < -0.39 is 0 Å². The van der Waals surface area contributed by atoms with E-state index in [0.717, 1.165) is 12.0 Å². The lowest BCUT2D eigenvalue weighted by atomic mass is 9.96. The van der Waals surface area contributed by atoms with Gasteiger partial charge in [-0.2, -0.15) is 5.10 Å². The minimum absolute atomic E-state index is 0.138. The van der Waals surface area contributed by atoms with E-state index in [0.29, 0.717) is 47.4 Å². The maximum Gasteiger partial charge on any atom is 0.271 e. The highest BCUT2D eigenvalue weighted by Crippen LogP contribution is 2.28. The number of anilines is 1. The van der Waals surface area contributed by atoms with Crippen molar-refractivity contribution in [2.75, 3.05) is 25.5 Å². The van der Waals surface area contributed by atoms with Gasteiger partial charge in [-0.15, -0.1) is 0 Å². The van der Waals surface area contributed by atoms with Crippen molar-refractivity contribution in [3.63, 3.8) is 0 Å². The van der Waals surface area contributed by atoms with Crippen molar-refractivity contribution < 1.29 is 14.3 Å². The van der Waals surface area contributed by atoms with Gasteiger partial charge in [-0.1, -0.05) is 11.6 Å². The van der Waals surface area contributed by atoms with Gasteiger partial charge in [0.15, 0.2) is 0 Å². The Kier molecular flexibility index (Phi) is 6.18. The third-order valence-electron chi connectivity index (χ3n) is 5.28. The predicted octanol–water partition coefficient (Wildman–Crippen LogP) is 3.62. The average Bonchev–Trinajstić information content (AvgIpc) is 3.30.